The smallest absolute Gasteiger partial charge is 0.0619 e. The molecule has 0 unspecified atom stereocenters. The first-order valence-electron chi connectivity index (χ1n) is 25.6. The highest BCUT2D eigenvalue weighted by Crippen LogP contribution is 2.52. The van der Waals surface area contributed by atoms with Crippen LogP contribution in [0.25, 0.3) is 76.5 Å². The summed E-state index contributed by atoms with van der Waals surface area (Å²) in [6.45, 7) is 11.5. The highest BCUT2D eigenvalue weighted by molar-refractivity contribution is 6.24. The van der Waals surface area contributed by atoms with E-state index < -0.39 is 0 Å². The number of hydrogen-bond acceptors (Lipinski definition) is 2. The van der Waals surface area contributed by atoms with Crippen LogP contribution < -0.4 is 9.80 Å². The number of aromatic nitrogens is 2. The normalized spacial score (nSPS) is 12.0. The molecule has 4 heteroatoms. The second kappa shape index (κ2) is 17.5. The Kier molecular flexibility index (Phi) is 10.6. The second-order valence-corrected chi connectivity index (χ2v) is 20.8. The number of benzene rings is 11. The van der Waals surface area contributed by atoms with Crippen molar-refractivity contribution in [1.29, 1.82) is 0 Å². The molecular weight excluding hydrogens is 885 g/mol. The summed E-state index contributed by atoms with van der Waals surface area (Å²) in [5, 5.41) is 9.57. The van der Waals surface area contributed by atoms with Crippen LogP contribution in [0, 0.1) is 0 Å². The van der Waals surface area contributed by atoms with Gasteiger partial charge in [0, 0.05) is 77.2 Å². The van der Waals surface area contributed by atoms with Crippen molar-refractivity contribution < 1.29 is 0 Å². The highest BCUT2D eigenvalue weighted by Gasteiger charge is 2.27. The fourth-order valence-electron chi connectivity index (χ4n) is 11.4. The molecule has 352 valence electrons. The SMILES string of the molecule is CC(C)c1ccc2c(c1)c1cc(N(c3ccccc3)c3c4ccccc4c(N(c4ccccc4)c4ccc5c(c4)c4cc(C(C)(C)C)ccc4n5-c4ccccc4)c4ccccc34)ccc1n2-c1ccccc1. The van der Waals surface area contributed by atoms with E-state index in [9.17, 15) is 0 Å². The minimum absolute atomic E-state index is 0.0135. The van der Waals surface area contributed by atoms with Crippen LogP contribution in [0.15, 0.2) is 243 Å². The maximum atomic E-state index is 2.50. The van der Waals surface area contributed by atoms with Crippen molar-refractivity contribution in [2.75, 3.05) is 9.80 Å². The maximum Gasteiger partial charge on any atom is 0.0619 e. The fraction of sp³-hybridized carbons (Fsp3) is 0.101. The molecule has 0 N–H and O–H groups in total. The van der Waals surface area contributed by atoms with Gasteiger partial charge in [0.2, 0.25) is 0 Å². The second-order valence-electron chi connectivity index (χ2n) is 20.8. The standard InChI is InChI=1S/C69H56N4/c1-46(2)47-34-38-63-59(42-47)61-44-53(36-40-65(61)72(63)51-26-14-8-15-27-51)70(49-22-10-6-11-23-49)67-55-30-18-20-32-57(55)68(58-33-21-19-31-56(58)67)71(50-24-12-7-13-25-50)54-37-41-66-62(45-54)60-43-48(69(3,4)5)35-39-64(60)73(66)52-28-16-9-17-29-52/h6-46H,1-5H3. The summed E-state index contributed by atoms with van der Waals surface area (Å²) in [5.41, 5.74) is 16.3. The van der Waals surface area contributed by atoms with Gasteiger partial charge in [-0.3, -0.25) is 0 Å². The fourth-order valence-corrected chi connectivity index (χ4v) is 11.4. The van der Waals surface area contributed by atoms with E-state index in [4.69, 9.17) is 0 Å². The van der Waals surface area contributed by atoms with Crippen molar-refractivity contribution in [1.82, 2.24) is 9.13 Å². The summed E-state index contributed by atoms with van der Waals surface area (Å²) in [6, 6.07) is 89.6. The molecule has 0 bridgehead atoms. The van der Waals surface area contributed by atoms with Crippen LogP contribution in [-0.2, 0) is 5.41 Å². The lowest BCUT2D eigenvalue weighted by molar-refractivity contribution is 0.591. The van der Waals surface area contributed by atoms with Crippen molar-refractivity contribution in [3.05, 3.63) is 254 Å². The van der Waals surface area contributed by atoms with E-state index in [0.29, 0.717) is 5.92 Å². The lowest BCUT2D eigenvalue weighted by Gasteiger charge is -2.33. The molecule has 0 aliphatic carbocycles. The Morgan fingerprint density at radius 3 is 1.05 bits per heavy atom. The average molecular weight is 941 g/mol. The van der Waals surface area contributed by atoms with Crippen molar-refractivity contribution in [3.8, 4) is 11.4 Å². The van der Waals surface area contributed by atoms with Crippen molar-refractivity contribution in [3.63, 3.8) is 0 Å². The largest absolute Gasteiger partial charge is 0.309 e. The quantitative estimate of drug-likeness (QED) is 0.106. The van der Waals surface area contributed by atoms with Crippen molar-refractivity contribution >= 4 is 99.3 Å². The van der Waals surface area contributed by atoms with Crippen molar-refractivity contribution in [2.24, 2.45) is 0 Å². The van der Waals surface area contributed by atoms with E-state index in [1.54, 1.807) is 0 Å². The van der Waals surface area contributed by atoms with Crippen LogP contribution in [-0.4, -0.2) is 9.13 Å². The summed E-state index contributed by atoms with van der Waals surface area (Å²) in [4.78, 5) is 4.99. The third-order valence-electron chi connectivity index (χ3n) is 14.9. The van der Waals surface area contributed by atoms with Crippen LogP contribution in [0.3, 0.4) is 0 Å². The Morgan fingerprint density at radius 2 is 0.658 bits per heavy atom. The van der Waals surface area contributed by atoms with E-state index in [2.05, 4.69) is 296 Å². The van der Waals surface area contributed by atoms with Gasteiger partial charge < -0.3 is 18.9 Å². The minimum atomic E-state index is -0.0135. The van der Waals surface area contributed by atoms with E-state index in [-0.39, 0.29) is 5.41 Å². The van der Waals surface area contributed by atoms with Gasteiger partial charge in [-0.25, -0.2) is 0 Å². The molecule has 0 amide bonds. The first-order valence-corrected chi connectivity index (χ1v) is 25.6. The van der Waals surface area contributed by atoms with Gasteiger partial charge >= 0.3 is 0 Å². The van der Waals surface area contributed by atoms with Crippen LogP contribution in [0.4, 0.5) is 34.1 Å². The molecule has 4 nitrogen and oxygen atoms in total. The van der Waals surface area contributed by atoms with Gasteiger partial charge in [0.05, 0.1) is 33.4 Å². The Labute approximate surface area is 427 Å². The molecule has 73 heavy (non-hydrogen) atoms. The molecule has 2 heterocycles. The summed E-state index contributed by atoms with van der Waals surface area (Å²) >= 11 is 0. The third kappa shape index (κ3) is 7.35. The van der Waals surface area contributed by atoms with Gasteiger partial charge in [-0.1, -0.05) is 168 Å². The van der Waals surface area contributed by atoms with E-state index >= 15 is 0 Å². The molecule has 0 radical (unpaired) electrons. The van der Waals surface area contributed by atoms with Crippen LogP contribution in [0.5, 0.6) is 0 Å². The van der Waals surface area contributed by atoms with Crippen LogP contribution in [0.2, 0.25) is 0 Å². The Morgan fingerprint density at radius 1 is 0.315 bits per heavy atom. The molecule has 0 aliphatic heterocycles. The number of rotatable bonds is 9. The number of hydrogen-bond donors (Lipinski definition) is 0. The Balaban J connectivity index is 1.08. The highest BCUT2D eigenvalue weighted by atomic mass is 15.2. The zero-order valence-electron chi connectivity index (χ0n) is 42.0. The molecule has 0 spiro atoms. The molecule has 0 fully saturated rings. The van der Waals surface area contributed by atoms with Gasteiger partial charge in [0.25, 0.3) is 0 Å². The molecule has 0 saturated carbocycles. The molecule has 0 aliphatic rings. The lowest BCUT2D eigenvalue weighted by Crippen LogP contribution is -2.14. The molecule has 11 aromatic carbocycles. The summed E-state index contributed by atoms with van der Waals surface area (Å²) in [5.74, 6) is 0.396. The van der Waals surface area contributed by atoms with Gasteiger partial charge in [0.1, 0.15) is 0 Å². The number of anilines is 6. The van der Waals surface area contributed by atoms with Crippen molar-refractivity contribution in [2.45, 2.75) is 46.0 Å². The van der Waals surface area contributed by atoms with Gasteiger partial charge in [-0.15, -0.1) is 0 Å². The summed E-state index contributed by atoms with van der Waals surface area (Å²) in [6.07, 6.45) is 0. The summed E-state index contributed by atoms with van der Waals surface area (Å²) in [7, 11) is 0. The van der Waals surface area contributed by atoms with E-state index in [1.807, 2.05) is 0 Å². The maximum absolute atomic E-state index is 2.50. The first-order chi connectivity index (χ1) is 35.7. The predicted molar refractivity (Wildman–Crippen MR) is 312 cm³/mol. The van der Waals surface area contributed by atoms with Crippen LogP contribution >= 0.6 is 0 Å². The molecule has 13 aromatic rings. The molecule has 0 saturated heterocycles. The van der Waals surface area contributed by atoms with E-state index in [1.165, 1.54) is 54.7 Å². The minimum Gasteiger partial charge on any atom is -0.309 e. The monoisotopic (exact) mass is 940 g/mol. The Hall–Kier alpha value is -8.86. The zero-order chi connectivity index (χ0) is 49.4. The Bertz CT molecular complexity index is 4140. The number of fused-ring (bicyclic) bond motifs is 8. The predicted octanol–water partition coefficient (Wildman–Crippen LogP) is 19.5. The molecule has 13 rings (SSSR count). The van der Waals surface area contributed by atoms with Crippen LogP contribution in [0.1, 0.15) is 51.7 Å². The average Bonchev–Trinajstić information content (AvgIpc) is 3.94. The number of para-hydroxylation sites is 4. The zero-order valence-corrected chi connectivity index (χ0v) is 42.0. The third-order valence-corrected chi connectivity index (χ3v) is 14.9. The molecule has 0 atom stereocenters. The lowest BCUT2D eigenvalue weighted by atomic mass is 9.86. The molecular formula is C69H56N4. The van der Waals surface area contributed by atoms with Gasteiger partial charge in [0.15, 0.2) is 0 Å². The first kappa shape index (κ1) is 44.1. The molecule has 2 aromatic heterocycles. The number of nitrogens with zero attached hydrogens (tertiary/aromatic N) is 4. The topological polar surface area (TPSA) is 16.3 Å². The van der Waals surface area contributed by atoms with Gasteiger partial charge in [-0.2, -0.15) is 0 Å². The van der Waals surface area contributed by atoms with E-state index in [0.717, 1.165) is 67.0 Å². The van der Waals surface area contributed by atoms with Gasteiger partial charge in [-0.05, 0) is 132 Å². The summed E-state index contributed by atoms with van der Waals surface area (Å²) < 4.78 is 4.84.